The van der Waals surface area contributed by atoms with Crippen molar-refractivity contribution in [1.29, 1.82) is 0 Å². The van der Waals surface area contributed by atoms with Crippen LogP contribution >= 0.6 is 0 Å². The number of aromatic nitrogens is 3. The van der Waals surface area contributed by atoms with Crippen molar-refractivity contribution >= 4 is 11.7 Å². The normalized spacial score (nSPS) is 17.3. The smallest absolute Gasteiger partial charge is 0.272 e. The summed E-state index contributed by atoms with van der Waals surface area (Å²) in [5.74, 6) is 0.903. The van der Waals surface area contributed by atoms with Crippen molar-refractivity contribution in [1.82, 2.24) is 19.3 Å². The van der Waals surface area contributed by atoms with Crippen LogP contribution in [0.5, 0.6) is 5.75 Å². The lowest BCUT2D eigenvalue weighted by Crippen LogP contribution is -2.42. The van der Waals surface area contributed by atoms with Crippen molar-refractivity contribution in [3.05, 3.63) is 59.9 Å². The molecule has 0 radical (unpaired) electrons. The average molecular weight is 368 g/mol. The van der Waals surface area contributed by atoms with Gasteiger partial charge < -0.3 is 9.64 Å². The lowest BCUT2D eigenvalue weighted by molar-refractivity contribution is 0.0625. The first kappa shape index (κ1) is 17.5. The number of imidazole rings is 1. The maximum atomic E-state index is 13.3. The van der Waals surface area contributed by atoms with E-state index in [1.54, 1.807) is 28.8 Å². The number of halogens is 1. The molecule has 1 saturated heterocycles. The van der Waals surface area contributed by atoms with Gasteiger partial charge in [0.15, 0.2) is 0 Å². The molecule has 1 aliphatic heterocycles. The zero-order chi connectivity index (χ0) is 18.8. The van der Waals surface area contributed by atoms with E-state index in [2.05, 4.69) is 9.97 Å². The van der Waals surface area contributed by atoms with Crippen molar-refractivity contribution in [3.63, 3.8) is 0 Å². The van der Waals surface area contributed by atoms with Crippen molar-refractivity contribution in [2.45, 2.75) is 19.8 Å². The minimum absolute atomic E-state index is 0.0385. The van der Waals surface area contributed by atoms with Crippen LogP contribution in [-0.4, -0.2) is 44.9 Å². The zero-order valence-corrected chi connectivity index (χ0v) is 15.1. The quantitative estimate of drug-likeness (QED) is 0.710. The van der Waals surface area contributed by atoms with Gasteiger partial charge in [-0.3, -0.25) is 9.20 Å². The molecule has 2 aromatic heterocycles. The van der Waals surface area contributed by atoms with E-state index in [1.165, 1.54) is 12.1 Å². The van der Waals surface area contributed by atoms with Crippen molar-refractivity contribution < 1.29 is 13.9 Å². The van der Waals surface area contributed by atoms with Gasteiger partial charge in [0.1, 0.15) is 17.3 Å². The fraction of sp³-hybridized carbons (Fsp3) is 0.350. The Hall–Kier alpha value is -2.96. The number of likely N-dealkylation sites (tertiary alicyclic amines) is 1. The number of rotatable bonds is 4. The van der Waals surface area contributed by atoms with Crippen LogP contribution in [0.2, 0.25) is 0 Å². The van der Waals surface area contributed by atoms with E-state index in [4.69, 9.17) is 4.74 Å². The minimum atomic E-state index is -0.315. The van der Waals surface area contributed by atoms with E-state index < -0.39 is 0 Å². The molecule has 1 fully saturated rings. The summed E-state index contributed by atoms with van der Waals surface area (Å²) < 4.78 is 20.8. The Morgan fingerprint density at radius 1 is 1.37 bits per heavy atom. The molecule has 4 rings (SSSR count). The molecule has 1 unspecified atom stereocenters. The highest BCUT2D eigenvalue weighted by Gasteiger charge is 2.28. The molecule has 0 saturated carbocycles. The van der Waals surface area contributed by atoms with Crippen LogP contribution < -0.4 is 4.74 Å². The van der Waals surface area contributed by atoms with E-state index in [0.29, 0.717) is 42.6 Å². The number of hydrogen-bond donors (Lipinski definition) is 0. The summed E-state index contributed by atoms with van der Waals surface area (Å²) in [6.07, 6.45) is 5.37. The average Bonchev–Trinajstić information content (AvgIpc) is 3.02. The van der Waals surface area contributed by atoms with Gasteiger partial charge in [0, 0.05) is 37.5 Å². The Balaban J connectivity index is 1.46. The molecule has 140 valence electrons. The summed E-state index contributed by atoms with van der Waals surface area (Å²) in [6, 6.07) is 7.92. The second kappa shape index (κ2) is 7.34. The van der Waals surface area contributed by atoms with Gasteiger partial charge >= 0.3 is 0 Å². The minimum Gasteiger partial charge on any atom is -0.493 e. The summed E-state index contributed by atoms with van der Waals surface area (Å²) in [5, 5.41) is 0. The lowest BCUT2D eigenvalue weighted by Gasteiger charge is -2.32. The SMILES string of the molecule is Cc1nc2ncccn2c1C(=O)N1CCCC(COc2cccc(F)c2)C1. The Kier molecular flexibility index (Phi) is 4.75. The highest BCUT2D eigenvalue weighted by molar-refractivity contribution is 5.94. The van der Waals surface area contributed by atoms with Crippen molar-refractivity contribution in [2.24, 2.45) is 5.92 Å². The molecule has 3 aromatic rings. The first-order valence-corrected chi connectivity index (χ1v) is 9.09. The maximum absolute atomic E-state index is 13.3. The van der Waals surface area contributed by atoms with Crippen LogP contribution in [0.25, 0.3) is 5.78 Å². The van der Waals surface area contributed by atoms with Gasteiger partial charge in [0.05, 0.1) is 12.3 Å². The molecule has 1 amide bonds. The van der Waals surface area contributed by atoms with Crippen LogP contribution in [0, 0.1) is 18.7 Å². The van der Waals surface area contributed by atoms with Crippen LogP contribution in [0.1, 0.15) is 29.0 Å². The van der Waals surface area contributed by atoms with Crippen molar-refractivity contribution in [3.8, 4) is 5.75 Å². The molecule has 7 heteroatoms. The molecule has 0 N–H and O–H groups in total. The second-order valence-corrected chi connectivity index (χ2v) is 6.86. The molecular weight excluding hydrogens is 347 g/mol. The van der Waals surface area contributed by atoms with Gasteiger partial charge in [-0.25, -0.2) is 14.4 Å². The van der Waals surface area contributed by atoms with Gasteiger partial charge in [-0.1, -0.05) is 6.07 Å². The molecule has 27 heavy (non-hydrogen) atoms. The third-order valence-electron chi connectivity index (χ3n) is 4.87. The fourth-order valence-corrected chi connectivity index (χ4v) is 3.56. The number of fused-ring (bicyclic) bond motifs is 1. The molecule has 1 atom stereocenters. The van der Waals surface area contributed by atoms with Gasteiger partial charge in [-0.15, -0.1) is 0 Å². The molecule has 0 bridgehead atoms. The molecule has 0 spiro atoms. The predicted octanol–water partition coefficient (Wildman–Crippen LogP) is 3.11. The number of amides is 1. The maximum Gasteiger partial charge on any atom is 0.272 e. The number of ether oxygens (including phenoxy) is 1. The molecule has 1 aromatic carbocycles. The monoisotopic (exact) mass is 368 g/mol. The highest BCUT2D eigenvalue weighted by Crippen LogP contribution is 2.22. The first-order chi connectivity index (χ1) is 13.1. The molecule has 0 aliphatic carbocycles. The van der Waals surface area contributed by atoms with Crippen LogP contribution in [-0.2, 0) is 0 Å². The summed E-state index contributed by atoms with van der Waals surface area (Å²) in [4.78, 5) is 23.5. The molecular formula is C20H21FN4O2. The van der Waals surface area contributed by atoms with E-state index in [9.17, 15) is 9.18 Å². The number of nitrogens with zero attached hydrogens (tertiary/aromatic N) is 4. The van der Waals surface area contributed by atoms with E-state index in [-0.39, 0.29) is 17.6 Å². The topological polar surface area (TPSA) is 59.7 Å². The Morgan fingerprint density at radius 2 is 2.26 bits per heavy atom. The number of piperidine rings is 1. The largest absolute Gasteiger partial charge is 0.493 e. The molecule has 1 aliphatic rings. The molecule has 6 nitrogen and oxygen atoms in total. The fourth-order valence-electron chi connectivity index (χ4n) is 3.56. The van der Waals surface area contributed by atoms with E-state index in [0.717, 1.165) is 12.8 Å². The summed E-state index contributed by atoms with van der Waals surface area (Å²) >= 11 is 0. The number of benzene rings is 1. The Morgan fingerprint density at radius 3 is 3.11 bits per heavy atom. The number of carbonyl (C=O) groups excluding carboxylic acids is 1. The van der Waals surface area contributed by atoms with Gasteiger partial charge in [0.25, 0.3) is 5.91 Å². The van der Waals surface area contributed by atoms with Crippen LogP contribution in [0.4, 0.5) is 4.39 Å². The first-order valence-electron chi connectivity index (χ1n) is 9.09. The summed E-state index contributed by atoms with van der Waals surface area (Å²) in [5.41, 5.74) is 1.24. The third kappa shape index (κ3) is 3.63. The lowest BCUT2D eigenvalue weighted by atomic mass is 9.98. The number of hydrogen-bond acceptors (Lipinski definition) is 4. The van der Waals surface area contributed by atoms with Crippen LogP contribution in [0.15, 0.2) is 42.7 Å². The van der Waals surface area contributed by atoms with E-state index in [1.807, 2.05) is 18.0 Å². The molecule has 3 heterocycles. The van der Waals surface area contributed by atoms with Gasteiger partial charge in [-0.05, 0) is 38.0 Å². The summed E-state index contributed by atoms with van der Waals surface area (Å²) in [7, 11) is 0. The van der Waals surface area contributed by atoms with Gasteiger partial charge in [0.2, 0.25) is 5.78 Å². The highest BCUT2D eigenvalue weighted by atomic mass is 19.1. The Labute approximate surface area is 156 Å². The zero-order valence-electron chi connectivity index (χ0n) is 15.1. The summed E-state index contributed by atoms with van der Waals surface area (Å²) in [6.45, 7) is 3.61. The van der Waals surface area contributed by atoms with E-state index >= 15 is 0 Å². The number of carbonyl (C=O) groups is 1. The third-order valence-corrected chi connectivity index (χ3v) is 4.87. The predicted molar refractivity (Wildman–Crippen MR) is 98.2 cm³/mol. The Bertz CT molecular complexity index is 972. The van der Waals surface area contributed by atoms with Crippen molar-refractivity contribution in [2.75, 3.05) is 19.7 Å². The number of aryl methyl sites for hydroxylation is 1. The van der Waals surface area contributed by atoms with Crippen LogP contribution in [0.3, 0.4) is 0 Å². The van der Waals surface area contributed by atoms with Gasteiger partial charge in [-0.2, -0.15) is 0 Å². The standard InChI is InChI=1S/C20H21FN4O2/c1-14-18(25-10-4-8-22-20(25)23-14)19(26)24-9-3-5-15(12-24)13-27-17-7-2-6-16(21)11-17/h2,4,6-8,10-11,15H,3,5,9,12-13H2,1H3. The second-order valence-electron chi connectivity index (χ2n) is 6.86.